The fraction of sp³-hybridized carbons (Fsp3) is 0.316. The zero-order valence-corrected chi connectivity index (χ0v) is 15.0. The van der Waals surface area contributed by atoms with E-state index in [1.165, 1.54) is 16.9 Å². The van der Waals surface area contributed by atoms with Crippen LogP contribution in [0.4, 0.5) is 5.13 Å². The van der Waals surface area contributed by atoms with E-state index in [-0.39, 0.29) is 11.8 Å². The number of furan rings is 1. The van der Waals surface area contributed by atoms with Gasteiger partial charge in [-0.1, -0.05) is 6.07 Å². The number of aromatic nitrogens is 2. The molecule has 1 amide bonds. The molecule has 25 heavy (non-hydrogen) atoms. The minimum atomic E-state index is -0.199. The first kappa shape index (κ1) is 16.0. The minimum absolute atomic E-state index is 0.0272. The number of nitrogens with zero attached hydrogens (tertiary/aromatic N) is 2. The molecule has 0 spiro atoms. The highest BCUT2D eigenvalue weighted by atomic mass is 32.1. The lowest BCUT2D eigenvalue weighted by Crippen LogP contribution is -2.25. The fourth-order valence-corrected chi connectivity index (χ4v) is 4.11. The van der Waals surface area contributed by atoms with Gasteiger partial charge in [0.15, 0.2) is 5.13 Å². The molecule has 1 aliphatic carbocycles. The van der Waals surface area contributed by atoms with Crippen molar-refractivity contribution in [2.24, 2.45) is 0 Å². The molecule has 1 atom stereocenters. The van der Waals surface area contributed by atoms with E-state index in [1.54, 1.807) is 6.20 Å². The number of fused-ring (bicyclic) bond motifs is 1. The Morgan fingerprint density at radius 2 is 2.28 bits per heavy atom. The first-order valence-electron chi connectivity index (χ1n) is 8.39. The maximum Gasteiger partial charge on any atom is 0.235 e. The molecule has 3 heterocycles. The summed E-state index contributed by atoms with van der Waals surface area (Å²) < 4.78 is 5.56. The van der Waals surface area contributed by atoms with Crippen LogP contribution in [0.3, 0.4) is 0 Å². The number of anilines is 1. The van der Waals surface area contributed by atoms with Gasteiger partial charge in [-0.15, -0.1) is 11.3 Å². The van der Waals surface area contributed by atoms with E-state index in [9.17, 15) is 4.79 Å². The largest absolute Gasteiger partial charge is 0.466 e. The molecule has 0 saturated heterocycles. The van der Waals surface area contributed by atoms with Gasteiger partial charge in [-0.3, -0.25) is 9.78 Å². The van der Waals surface area contributed by atoms with E-state index in [4.69, 9.17) is 4.42 Å². The van der Waals surface area contributed by atoms with E-state index < -0.39 is 0 Å². The molecule has 0 bridgehead atoms. The summed E-state index contributed by atoms with van der Waals surface area (Å²) in [4.78, 5) is 21.7. The summed E-state index contributed by atoms with van der Waals surface area (Å²) >= 11 is 1.43. The van der Waals surface area contributed by atoms with Gasteiger partial charge >= 0.3 is 0 Å². The molecule has 1 aliphatic rings. The molecule has 6 heteroatoms. The van der Waals surface area contributed by atoms with Gasteiger partial charge < -0.3 is 9.73 Å². The number of carbonyl (C=O) groups is 1. The standard InChI is InChI=1S/C19H19N3O2S/c1-11-9-15(12(2)24-11)16-10-25-19(21-16)22-18(23)14-7-3-5-13-6-4-8-20-17(13)14/h4,6,8-10,14H,3,5,7H2,1-2H3,(H,21,22,23). The SMILES string of the molecule is Cc1cc(-c2csc(NC(=O)C3CCCc4cccnc43)n2)c(C)o1. The summed E-state index contributed by atoms with van der Waals surface area (Å²) in [7, 11) is 0. The summed E-state index contributed by atoms with van der Waals surface area (Å²) in [5.74, 6) is 1.47. The molecule has 3 aromatic rings. The average molecular weight is 353 g/mol. The van der Waals surface area contributed by atoms with Gasteiger partial charge in [0.05, 0.1) is 17.3 Å². The highest BCUT2D eigenvalue weighted by Gasteiger charge is 2.28. The number of pyridine rings is 1. The van der Waals surface area contributed by atoms with Crippen LogP contribution in [0.1, 0.15) is 41.5 Å². The van der Waals surface area contributed by atoms with Crippen molar-refractivity contribution in [2.75, 3.05) is 5.32 Å². The number of hydrogen-bond donors (Lipinski definition) is 1. The molecule has 4 rings (SSSR count). The van der Waals surface area contributed by atoms with Crippen LogP contribution in [0.15, 0.2) is 34.2 Å². The monoisotopic (exact) mass is 353 g/mol. The molecular weight excluding hydrogens is 334 g/mol. The highest BCUT2D eigenvalue weighted by molar-refractivity contribution is 7.14. The van der Waals surface area contributed by atoms with Crippen molar-refractivity contribution in [3.8, 4) is 11.3 Å². The Labute approximate surface area is 150 Å². The lowest BCUT2D eigenvalue weighted by atomic mass is 9.86. The zero-order chi connectivity index (χ0) is 17.4. The molecule has 5 nitrogen and oxygen atoms in total. The summed E-state index contributed by atoms with van der Waals surface area (Å²) in [5.41, 5.74) is 3.89. The van der Waals surface area contributed by atoms with Crippen LogP contribution in [0.2, 0.25) is 0 Å². The Kier molecular flexibility index (Phi) is 4.13. The van der Waals surface area contributed by atoms with Gasteiger partial charge in [-0.2, -0.15) is 0 Å². The third-order valence-electron chi connectivity index (χ3n) is 4.56. The number of aryl methyl sites for hydroxylation is 3. The van der Waals surface area contributed by atoms with Crippen LogP contribution < -0.4 is 5.32 Å². The van der Waals surface area contributed by atoms with Crippen LogP contribution in [0.25, 0.3) is 11.3 Å². The van der Waals surface area contributed by atoms with Gasteiger partial charge in [0.25, 0.3) is 0 Å². The van der Waals surface area contributed by atoms with Crippen molar-refractivity contribution in [3.63, 3.8) is 0 Å². The van der Waals surface area contributed by atoms with Crippen LogP contribution in [0, 0.1) is 13.8 Å². The number of rotatable bonds is 3. The summed E-state index contributed by atoms with van der Waals surface area (Å²) in [6.45, 7) is 3.84. The van der Waals surface area contributed by atoms with E-state index in [0.29, 0.717) is 5.13 Å². The van der Waals surface area contributed by atoms with Gasteiger partial charge in [0.2, 0.25) is 5.91 Å². The molecule has 0 saturated carbocycles. The molecule has 128 valence electrons. The number of carbonyl (C=O) groups excluding carboxylic acids is 1. The van der Waals surface area contributed by atoms with Crippen molar-refractivity contribution < 1.29 is 9.21 Å². The Hall–Kier alpha value is -2.47. The van der Waals surface area contributed by atoms with Crippen molar-refractivity contribution >= 4 is 22.4 Å². The lowest BCUT2D eigenvalue weighted by molar-refractivity contribution is -0.118. The summed E-state index contributed by atoms with van der Waals surface area (Å²) in [5, 5.41) is 5.52. The lowest BCUT2D eigenvalue weighted by Gasteiger charge is -2.22. The van der Waals surface area contributed by atoms with E-state index in [2.05, 4.69) is 21.4 Å². The second kappa shape index (κ2) is 6.44. The number of amides is 1. The average Bonchev–Trinajstić information content (AvgIpc) is 3.20. The number of nitrogens with one attached hydrogen (secondary N) is 1. The highest BCUT2D eigenvalue weighted by Crippen LogP contribution is 2.33. The maximum atomic E-state index is 12.7. The topological polar surface area (TPSA) is 68.0 Å². The first-order valence-corrected chi connectivity index (χ1v) is 9.27. The van der Waals surface area contributed by atoms with Crippen molar-refractivity contribution in [1.82, 2.24) is 9.97 Å². The molecule has 0 fully saturated rings. The second-order valence-corrected chi connectivity index (χ2v) is 7.20. The third kappa shape index (κ3) is 3.09. The first-order chi connectivity index (χ1) is 12.1. The summed E-state index contributed by atoms with van der Waals surface area (Å²) in [6, 6.07) is 5.96. The van der Waals surface area contributed by atoms with Crippen LogP contribution in [-0.4, -0.2) is 15.9 Å². The fourth-order valence-electron chi connectivity index (χ4n) is 3.40. The van der Waals surface area contributed by atoms with Crippen LogP contribution in [0.5, 0.6) is 0 Å². The Morgan fingerprint density at radius 3 is 3.08 bits per heavy atom. The normalized spacial score (nSPS) is 16.5. The second-order valence-electron chi connectivity index (χ2n) is 6.35. The Morgan fingerprint density at radius 1 is 1.40 bits per heavy atom. The molecule has 1 unspecified atom stereocenters. The molecule has 0 radical (unpaired) electrons. The predicted molar refractivity (Wildman–Crippen MR) is 97.8 cm³/mol. The summed E-state index contributed by atoms with van der Waals surface area (Å²) in [6.07, 6.45) is 4.59. The van der Waals surface area contributed by atoms with E-state index in [0.717, 1.165) is 47.7 Å². The minimum Gasteiger partial charge on any atom is -0.466 e. The molecular formula is C19H19N3O2S. The Balaban J connectivity index is 1.54. The van der Waals surface area contributed by atoms with E-state index >= 15 is 0 Å². The molecule has 3 aromatic heterocycles. The number of thiazole rings is 1. The van der Waals surface area contributed by atoms with Gasteiger partial charge in [-0.25, -0.2) is 4.98 Å². The van der Waals surface area contributed by atoms with Crippen molar-refractivity contribution in [3.05, 3.63) is 52.6 Å². The van der Waals surface area contributed by atoms with Crippen LogP contribution >= 0.6 is 11.3 Å². The van der Waals surface area contributed by atoms with Crippen molar-refractivity contribution in [1.29, 1.82) is 0 Å². The van der Waals surface area contributed by atoms with Crippen molar-refractivity contribution in [2.45, 2.75) is 39.0 Å². The predicted octanol–water partition coefficient (Wildman–Crippen LogP) is 4.47. The van der Waals surface area contributed by atoms with Gasteiger partial charge in [0.1, 0.15) is 11.5 Å². The Bertz CT molecular complexity index is 928. The van der Waals surface area contributed by atoms with Gasteiger partial charge in [-0.05, 0) is 50.8 Å². The van der Waals surface area contributed by atoms with E-state index in [1.807, 2.05) is 31.4 Å². The zero-order valence-electron chi connectivity index (χ0n) is 14.2. The smallest absolute Gasteiger partial charge is 0.235 e. The molecule has 0 aliphatic heterocycles. The maximum absolute atomic E-state index is 12.7. The van der Waals surface area contributed by atoms with Gasteiger partial charge in [0, 0.05) is 17.1 Å². The number of hydrogen-bond acceptors (Lipinski definition) is 5. The molecule has 0 aromatic carbocycles. The molecule has 1 N–H and O–H groups in total. The third-order valence-corrected chi connectivity index (χ3v) is 5.32. The quantitative estimate of drug-likeness (QED) is 0.754. The van der Waals surface area contributed by atoms with Crippen LogP contribution in [-0.2, 0) is 11.2 Å².